The standard InChI is InChI=1S/C20H32N2O6.C8H18/c1-3-14(10-11-17(22)20(27)28)12-15(7-5-9-18(23)24)13(2)6-4-8-16(21)19(25)26;1-4-5-6-7-8(2)3/h3,12,16-17H,2,4-11,21-22H2,1H3,(H,23,24)(H,25,26)(H,27,28);8H,4-7H2,1-3H3/b14-3-,15-12-;. The fourth-order valence-corrected chi connectivity index (χ4v) is 3.37. The van der Waals surface area contributed by atoms with Crippen molar-refractivity contribution in [3.8, 4) is 0 Å². The van der Waals surface area contributed by atoms with E-state index in [0.29, 0.717) is 38.5 Å². The predicted octanol–water partition coefficient (Wildman–Crippen LogP) is 5.67. The Bertz CT molecular complexity index is 728. The molecule has 0 rings (SSSR count). The molecular weight excluding hydrogens is 460 g/mol. The van der Waals surface area contributed by atoms with Gasteiger partial charge in [-0.25, -0.2) is 0 Å². The first-order chi connectivity index (χ1) is 16.8. The number of rotatable bonds is 19. The molecule has 0 aliphatic heterocycles. The van der Waals surface area contributed by atoms with Crippen LogP contribution >= 0.6 is 0 Å². The summed E-state index contributed by atoms with van der Waals surface area (Å²) in [5.41, 5.74) is 13.6. The number of hydrogen-bond donors (Lipinski definition) is 5. The van der Waals surface area contributed by atoms with Gasteiger partial charge in [0.1, 0.15) is 12.1 Å². The first-order valence-electron chi connectivity index (χ1n) is 13.1. The van der Waals surface area contributed by atoms with Crippen LogP contribution in [0.5, 0.6) is 0 Å². The summed E-state index contributed by atoms with van der Waals surface area (Å²) >= 11 is 0. The summed E-state index contributed by atoms with van der Waals surface area (Å²) in [6, 6.07) is -1.87. The normalized spacial score (nSPS) is 13.5. The lowest BCUT2D eigenvalue weighted by Gasteiger charge is -2.14. The molecule has 0 aliphatic rings. The van der Waals surface area contributed by atoms with Crippen molar-refractivity contribution >= 4 is 17.9 Å². The fraction of sp³-hybridized carbons (Fsp3) is 0.679. The maximum atomic E-state index is 10.9. The molecular formula is C28H50N2O6. The topological polar surface area (TPSA) is 164 Å². The van der Waals surface area contributed by atoms with Gasteiger partial charge in [0.2, 0.25) is 0 Å². The molecule has 0 aromatic heterocycles. The van der Waals surface area contributed by atoms with E-state index >= 15 is 0 Å². The van der Waals surface area contributed by atoms with Crippen molar-refractivity contribution in [2.75, 3.05) is 0 Å². The first-order valence-corrected chi connectivity index (χ1v) is 13.1. The molecule has 8 nitrogen and oxygen atoms in total. The largest absolute Gasteiger partial charge is 0.481 e. The lowest BCUT2D eigenvalue weighted by Crippen LogP contribution is -2.29. The van der Waals surface area contributed by atoms with Gasteiger partial charge >= 0.3 is 17.9 Å². The van der Waals surface area contributed by atoms with E-state index in [9.17, 15) is 14.4 Å². The number of carboxylic acids is 3. The van der Waals surface area contributed by atoms with Crippen LogP contribution in [0, 0.1) is 5.92 Å². The van der Waals surface area contributed by atoms with Crippen LogP contribution in [0.25, 0.3) is 0 Å². The minimum absolute atomic E-state index is 0.0313. The van der Waals surface area contributed by atoms with Crippen molar-refractivity contribution < 1.29 is 29.7 Å². The maximum Gasteiger partial charge on any atom is 0.320 e. The Morgan fingerprint density at radius 2 is 1.39 bits per heavy atom. The number of carboxylic acid groups (broad SMARTS) is 3. The Labute approximate surface area is 217 Å². The van der Waals surface area contributed by atoms with Crippen LogP contribution in [-0.2, 0) is 14.4 Å². The van der Waals surface area contributed by atoms with Crippen molar-refractivity contribution in [1.29, 1.82) is 0 Å². The zero-order valence-electron chi connectivity index (χ0n) is 22.8. The second kappa shape index (κ2) is 21.8. The summed E-state index contributed by atoms with van der Waals surface area (Å²) in [5, 5.41) is 26.6. The van der Waals surface area contributed by atoms with E-state index in [4.69, 9.17) is 26.8 Å². The van der Waals surface area contributed by atoms with E-state index in [1.165, 1.54) is 25.7 Å². The van der Waals surface area contributed by atoms with Crippen molar-refractivity contribution in [1.82, 2.24) is 0 Å². The summed E-state index contributed by atoms with van der Waals surface area (Å²) in [6.07, 6.45) is 12.5. The second-order valence-corrected chi connectivity index (χ2v) is 9.59. The van der Waals surface area contributed by atoms with Gasteiger partial charge in [0, 0.05) is 6.42 Å². The van der Waals surface area contributed by atoms with Gasteiger partial charge in [-0.05, 0) is 63.4 Å². The average molecular weight is 511 g/mol. The Kier molecular flexibility index (Phi) is 21.6. The van der Waals surface area contributed by atoms with Crippen LogP contribution in [0.2, 0.25) is 0 Å². The van der Waals surface area contributed by atoms with Crippen LogP contribution in [0.1, 0.15) is 105 Å². The van der Waals surface area contributed by atoms with E-state index in [1.807, 2.05) is 19.1 Å². The molecule has 0 fully saturated rings. The molecule has 7 N–H and O–H groups in total. The summed E-state index contributed by atoms with van der Waals surface area (Å²) < 4.78 is 0. The zero-order chi connectivity index (χ0) is 28.1. The van der Waals surface area contributed by atoms with Gasteiger partial charge in [0.05, 0.1) is 0 Å². The molecule has 0 aliphatic carbocycles. The number of unbranched alkanes of at least 4 members (excludes halogenated alkanes) is 2. The average Bonchev–Trinajstić information content (AvgIpc) is 2.80. The highest BCUT2D eigenvalue weighted by atomic mass is 16.4. The van der Waals surface area contributed by atoms with Gasteiger partial charge in [-0.1, -0.05) is 76.3 Å². The minimum Gasteiger partial charge on any atom is -0.481 e. The van der Waals surface area contributed by atoms with Gasteiger partial charge in [-0.15, -0.1) is 0 Å². The Hall–Kier alpha value is -2.45. The van der Waals surface area contributed by atoms with Gasteiger partial charge < -0.3 is 26.8 Å². The Morgan fingerprint density at radius 1 is 0.806 bits per heavy atom. The molecule has 0 aromatic rings. The quantitative estimate of drug-likeness (QED) is 0.110. The van der Waals surface area contributed by atoms with Crippen molar-refractivity contribution in [3.05, 3.63) is 35.5 Å². The summed E-state index contributed by atoms with van der Waals surface area (Å²) in [6.45, 7) is 12.7. The molecule has 36 heavy (non-hydrogen) atoms. The Morgan fingerprint density at radius 3 is 1.86 bits per heavy atom. The van der Waals surface area contributed by atoms with Gasteiger partial charge in [-0.2, -0.15) is 0 Å². The molecule has 0 bridgehead atoms. The molecule has 2 atom stereocenters. The second-order valence-electron chi connectivity index (χ2n) is 9.59. The third-order valence-corrected chi connectivity index (χ3v) is 5.78. The SMILES string of the molecule is C=C(CCCC(N)C(=O)O)/C(=C\C(=C/C)CCC(N)C(=O)O)CCCC(=O)O.CCCCCC(C)C. The number of hydrogen-bond acceptors (Lipinski definition) is 5. The van der Waals surface area contributed by atoms with E-state index in [0.717, 1.165) is 22.6 Å². The van der Waals surface area contributed by atoms with Crippen LogP contribution in [0.15, 0.2) is 35.5 Å². The molecule has 0 amide bonds. The van der Waals surface area contributed by atoms with Crippen molar-refractivity contribution in [2.45, 2.75) is 117 Å². The third-order valence-electron chi connectivity index (χ3n) is 5.78. The summed E-state index contributed by atoms with van der Waals surface area (Å²) in [7, 11) is 0. The van der Waals surface area contributed by atoms with E-state index < -0.39 is 30.0 Å². The highest BCUT2D eigenvalue weighted by Crippen LogP contribution is 2.24. The van der Waals surface area contributed by atoms with Gasteiger partial charge in [0.15, 0.2) is 0 Å². The van der Waals surface area contributed by atoms with Gasteiger partial charge in [0.25, 0.3) is 0 Å². The summed E-state index contributed by atoms with van der Waals surface area (Å²) in [4.78, 5) is 32.5. The van der Waals surface area contributed by atoms with E-state index in [2.05, 4.69) is 27.4 Å². The van der Waals surface area contributed by atoms with Crippen molar-refractivity contribution in [3.63, 3.8) is 0 Å². The Balaban J connectivity index is 0. The molecule has 0 heterocycles. The van der Waals surface area contributed by atoms with Crippen LogP contribution in [0.3, 0.4) is 0 Å². The van der Waals surface area contributed by atoms with Crippen molar-refractivity contribution in [2.24, 2.45) is 17.4 Å². The van der Waals surface area contributed by atoms with E-state index in [1.54, 1.807) is 0 Å². The first kappa shape index (κ1) is 35.7. The predicted molar refractivity (Wildman–Crippen MR) is 146 cm³/mol. The molecule has 8 heteroatoms. The van der Waals surface area contributed by atoms with Crippen LogP contribution in [0.4, 0.5) is 0 Å². The number of carbonyl (C=O) groups is 3. The van der Waals surface area contributed by atoms with Gasteiger partial charge in [-0.3, -0.25) is 14.4 Å². The molecule has 208 valence electrons. The van der Waals surface area contributed by atoms with Crippen LogP contribution in [-0.4, -0.2) is 45.3 Å². The lowest BCUT2D eigenvalue weighted by molar-refractivity contribution is -0.139. The number of nitrogens with two attached hydrogens (primary N) is 2. The van der Waals surface area contributed by atoms with Crippen LogP contribution < -0.4 is 11.5 Å². The third kappa shape index (κ3) is 20.9. The smallest absolute Gasteiger partial charge is 0.320 e. The number of allylic oxidation sites excluding steroid dienone is 5. The maximum absolute atomic E-state index is 10.9. The molecule has 0 radical (unpaired) electrons. The highest BCUT2D eigenvalue weighted by molar-refractivity contribution is 5.73. The molecule has 0 saturated heterocycles. The fourth-order valence-electron chi connectivity index (χ4n) is 3.37. The lowest BCUT2D eigenvalue weighted by atomic mass is 9.93. The summed E-state index contributed by atoms with van der Waals surface area (Å²) in [5.74, 6) is -2.08. The molecule has 2 unspecified atom stereocenters. The molecule has 0 spiro atoms. The minimum atomic E-state index is -1.06. The number of aliphatic carboxylic acids is 3. The molecule has 0 aromatic carbocycles. The monoisotopic (exact) mass is 510 g/mol. The highest BCUT2D eigenvalue weighted by Gasteiger charge is 2.14. The van der Waals surface area contributed by atoms with E-state index in [-0.39, 0.29) is 12.8 Å². The zero-order valence-corrected chi connectivity index (χ0v) is 22.8. The molecule has 0 saturated carbocycles.